The van der Waals surface area contributed by atoms with E-state index < -0.39 is 0 Å². The van der Waals surface area contributed by atoms with E-state index >= 15 is 0 Å². The van der Waals surface area contributed by atoms with Gasteiger partial charge < -0.3 is 5.32 Å². The number of carbonyl (C=O) groups is 2. The van der Waals surface area contributed by atoms with Crippen molar-refractivity contribution in [3.8, 4) is 0 Å². The first-order chi connectivity index (χ1) is 8.16. The van der Waals surface area contributed by atoms with E-state index in [0.717, 1.165) is 0 Å². The van der Waals surface area contributed by atoms with Gasteiger partial charge in [0.2, 0.25) is 0 Å². The molecule has 0 aliphatic rings. The van der Waals surface area contributed by atoms with Crippen molar-refractivity contribution in [2.45, 2.75) is 6.92 Å². The second-order valence-electron chi connectivity index (χ2n) is 3.32. The Bertz CT molecular complexity index is 534. The van der Waals surface area contributed by atoms with Crippen LogP contribution < -0.4 is 5.32 Å². The van der Waals surface area contributed by atoms with Crippen molar-refractivity contribution in [3.05, 3.63) is 40.5 Å². The SMILES string of the molecule is CC(=O)c1ccc(NC(=O)c2cscn2)nc1. The molecule has 0 fully saturated rings. The van der Waals surface area contributed by atoms with Gasteiger partial charge in [-0.05, 0) is 19.1 Å². The molecule has 2 rings (SSSR count). The molecule has 2 aromatic rings. The number of ketones is 1. The number of pyridine rings is 1. The van der Waals surface area contributed by atoms with Crippen LogP contribution in [0.25, 0.3) is 0 Å². The van der Waals surface area contributed by atoms with Crippen LogP contribution in [-0.4, -0.2) is 21.7 Å². The number of nitrogens with zero attached hydrogens (tertiary/aromatic N) is 2. The highest BCUT2D eigenvalue weighted by Gasteiger charge is 2.08. The molecule has 0 radical (unpaired) electrons. The van der Waals surface area contributed by atoms with Gasteiger partial charge in [0.05, 0.1) is 5.51 Å². The lowest BCUT2D eigenvalue weighted by Crippen LogP contribution is -2.13. The molecule has 17 heavy (non-hydrogen) atoms. The van der Waals surface area contributed by atoms with Crippen molar-refractivity contribution in [2.24, 2.45) is 0 Å². The quantitative estimate of drug-likeness (QED) is 0.842. The van der Waals surface area contributed by atoms with Crippen LogP contribution in [0.15, 0.2) is 29.2 Å². The summed E-state index contributed by atoms with van der Waals surface area (Å²) in [7, 11) is 0. The van der Waals surface area contributed by atoms with Crippen molar-refractivity contribution < 1.29 is 9.59 Å². The third kappa shape index (κ3) is 2.73. The first-order valence-electron chi connectivity index (χ1n) is 4.83. The van der Waals surface area contributed by atoms with Crippen molar-refractivity contribution >= 4 is 28.8 Å². The maximum Gasteiger partial charge on any atom is 0.276 e. The van der Waals surface area contributed by atoms with Crippen LogP contribution >= 0.6 is 11.3 Å². The number of carbonyl (C=O) groups excluding carboxylic acids is 2. The van der Waals surface area contributed by atoms with Crippen LogP contribution in [0.3, 0.4) is 0 Å². The molecule has 86 valence electrons. The first kappa shape index (κ1) is 11.4. The first-order valence-corrected chi connectivity index (χ1v) is 5.77. The fraction of sp³-hybridized carbons (Fsp3) is 0.0909. The Morgan fingerprint density at radius 3 is 2.65 bits per heavy atom. The molecule has 0 bridgehead atoms. The van der Waals surface area contributed by atoms with Crippen LogP contribution in [0.2, 0.25) is 0 Å². The molecule has 1 N–H and O–H groups in total. The van der Waals surface area contributed by atoms with Gasteiger partial charge in [-0.2, -0.15) is 0 Å². The van der Waals surface area contributed by atoms with Crippen molar-refractivity contribution in [1.29, 1.82) is 0 Å². The maximum absolute atomic E-state index is 11.6. The topological polar surface area (TPSA) is 72.0 Å². The van der Waals surface area contributed by atoms with Crippen molar-refractivity contribution in [2.75, 3.05) is 5.32 Å². The summed E-state index contributed by atoms with van der Waals surface area (Å²) in [4.78, 5) is 30.5. The Morgan fingerprint density at radius 1 is 1.29 bits per heavy atom. The van der Waals surface area contributed by atoms with E-state index in [4.69, 9.17) is 0 Å². The standard InChI is InChI=1S/C11H9N3O2S/c1-7(15)8-2-3-10(12-4-8)14-11(16)9-5-17-6-13-9/h2-6H,1H3,(H,12,14,16). The monoisotopic (exact) mass is 247 g/mol. The highest BCUT2D eigenvalue weighted by atomic mass is 32.1. The molecule has 0 spiro atoms. The molecular formula is C11H9N3O2S. The smallest absolute Gasteiger partial charge is 0.276 e. The van der Waals surface area contributed by atoms with Crippen LogP contribution in [0.4, 0.5) is 5.82 Å². The lowest BCUT2D eigenvalue weighted by atomic mass is 10.2. The van der Waals surface area contributed by atoms with Gasteiger partial charge in [-0.15, -0.1) is 11.3 Å². The largest absolute Gasteiger partial charge is 0.305 e. The Kier molecular flexibility index (Phi) is 3.24. The third-order valence-corrected chi connectivity index (χ3v) is 2.66. The lowest BCUT2D eigenvalue weighted by molar-refractivity contribution is 0.101. The molecule has 6 heteroatoms. The summed E-state index contributed by atoms with van der Waals surface area (Å²) in [6.45, 7) is 1.46. The van der Waals surface area contributed by atoms with Gasteiger partial charge in [0.15, 0.2) is 5.78 Å². The normalized spacial score (nSPS) is 9.94. The summed E-state index contributed by atoms with van der Waals surface area (Å²) in [5.74, 6) is 0.0252. The number of hydrogen-bond donors (Lipinski definition) is 1. The molecule has 0 atom stereocenters. The second kappa shape index (κ2) is 4.84. The van der Waals surface area contributed by atoms with E-state index in [2.05, 4.69) is 15.3 Å². The molecule has 0 aliphatic carbocycles. The number of aromatic nitrogens is 2. The van der Waals surface area contributed by atoms with Gasteiger partial charge in [-0.25, -0.2) is 9.97 Å². The summed E-state index contributed by atoms with van der Waals surface area (Å²) >= 11 is 1.35. The van der Waals surface area contributed by atoms with E-state index in [1.807, 2.05) is 0 Å². The van der Waals surface area contributed by atoms with Gasteiger partial charge in [0, 0.05) is 17.1 Å². The molecule has 2 heterocycles. The average molecular weight is 247 g/mol. The molecular weight excluding hydrogens is 238 g/mol. The number of hydrogen-bond acceptors (Lipinski definition) is 5. The van der Waals surface area contributed by atoms with Crippen LogP contribution in [0.5, 0.6) is 0 Å². The molecule has 0 saturated carbocycles. The van der Waals surface area contributed by atoms with Crippen molar-refractivity contribution in [1.82, 2.24) is 9.97 Å². The van der Waals surface area contributed by atoms with Crippen LogP contribution in [-0.2, 0) is 0 Å². The molecule has 0 unspecified atom stereocenters. The number of anilines is 1. The highest BCUT2D eigenvalue weighted by molar-refractivity contribution is 7.07. The summed E-state index contributed by atoms with van der Waals surface area (Å²) in [5, 5.41) is 4.25. The van der Waals surface area contributed by atoms with E-state index in [1.54, 1.807) is 23.0 Å². The second-order valence-corrected chi connectivity index (χ2v) is 4.03. The number of Topliss-reactive ketones (excluding diaryl/α,β-unsaturated/α-hetero) is 1. The zero-order valence-electron chi connectivity index (χ0n) is 9.01. The molecule has 0 aliphatic heterocycles. The van der Waals surface area contributed by atoms with Gasteiger partial charge in [0.25, 0.3) is 5.91 Å². The summed E-state index contributed by atoms with van der Waals surface area (Å²) in [6.07, 6.45) is 1.43. The van der Waals surface area contributed by atoms with E-state index in [9.17, 15) is 9.59 Å². The fourth-order valence-corrected chi connectivity index (χ4v) is 1.71. The number of nitrogens with one attached hydrogen (secondary N) is 1. The number of thiazole rings is 1. The van der Waals surface area contributed by atoms with Gasteiger partial charge in [-0.3, -0.25) is 9.59 Å². The van der Waals surface area contributed by atoms with Crippen LogP contribution in [0, 0.1) is 0 Å². The Balaban J connectivity index is 2.09. The maximum atomic E-state index is 11.6. The lowest BCUT2D eigenvalue weighted by Gasteiger charge is -2.02. The predicted octanol–water partition coefficient (Wildman–Crippen LogP) is 1.99. The fourth-order valence-electron chi connectivity index (χ4n) is 1.18. The third-order valence-electron chi connectivity index (χ3n) is 2.08. The minimum atomic E-state index is -0.311. The van der Waals surface area contributed by atoms with E-state index in [0.29, 0.717) is 17.1 Å². The zero-order valence-corrected chi connectivity index (χ0v) is 9.82. The summed E-state index contributed by atoms with van der Waals surface area (Å²) in [5.41, 5.74) is 2.45. The molecule has 1 amide bonds. The Labute approximate surface area is 102 Å². The minimum Gasteiger partial charge on any atom is -0.305 e. The Morgan fingerprint density at radius 2 is 2.12 bits per heavy atom. The van der Waals surface area contributed by atoms with E-state index in [1.165, 1.54) is 24.5 Å². The van der Waals surface area contributed by atoms with Crippen molar-refractivity contribution in [3.63, 3.8) is 0 Å². The summed E-state index contributed by atoms with van der Waals surface area (Å²) < 4.78 is 0. The van der Waals surface area contributed by atoms with Crippen LogP contribution in [0.1, 0.15) is 27.8 Å². The van der Waals surface area contributed by atoms with Gasteiger partial charge in [-0.1, -0.05) is 0 Å². The Hall–Kier alpha value is -2.08. The zero-order chi connectivity index (χ0) is 12.3. The molecule has 0 aromatic carbocycles. The predicted molar refractivity (Wildman–Crippen MR) is 64.3 cm³/mol. The van der Waals surface area contributed by atoms with Gasteiger partial charge in [0.1, 0.15) is 11.5 Å². The molecule has 2 aromatic heterocycles. The highest BCUT2D eigenvalue weighted by Crippen LogP contribution is 2.08. The molecule has 0 saturated heterocycles. The average Bonchev–Trinajstić information content (AvgIpc) is 2.83. The number of rotatable bonds is 3. The summed E-state index contributed by atoms with van der Waals surface area (Å²) in [6, 6.07) is 3.20. The van der Waals surface area contributed by atoms with E-state index in [-0.39, 0.29) is 11.7 Å². The minimum absolute atomic E-state index is 0.0603. The number of amides is 1. The molecule has 5 nitrogen and oxygen atoms in total. The van der Waals surface area contributed by atoms with Gasteiger partial charge >= 0.3 is 0 Å².